The number of likely N-dealkylation sites (N-methyl/N-ethyl adjacent to an activating group) is 1. The fraction of sp³-hybridized carbons (Fsp3) is 0.739. The van der Waals surface area contributed by atoms with Crippen LogP contribution in [0.25, 0.3) is 0 Å². The highest BCUT2D eigenvalue weighted by Crippen LogP contribution is 2.38. The van der Waals surface area contributed by atoms with Crippen molar-refractivity contribution >= 4 is 19.8 Å². The number of carbonyl (C=O) groups excluding carboxylic acids is 2. The van der Waals surface area contributed by atoms with Crippen molar-refractivity contribution in [2.75, 3.05) is 47.5 Å². The van der Waals surface area contributed by atoms with Gasteiger partial charge in [0.05, 0.1) is 46.1 Å². The fourth-order valence-electron chi connectivity index (χ4n) is 6.17. The van der Waals surface area contributed by atoms with Crippen molar-refractivity contribution in [1.82, 2.24) is 0 Å². The van der Waals surface area contributed by atoms with Crippen molar-refractivity contribution in [3.8, 4) is 0 Å². The molecule has 60 heavy (non-hydrogen) atoms. The van der Waals surface area contributed by atoms with Gasteiger partial charge in [0, 0.05) is 25.2 Å². The Morgan fingerprint density at radius 3 is 2.07 bits per heavy atom. The van der Waals surface area contributed by atoms with Gasteiger partial charge in [-0.25, -0.2) is 0 Å². The van der Waals surface area contributed by atoms with Crippen molar-refractivity contribution < 1.29 is 62.1 Å². The van der Waals surface area contributed by atoms with Crippen molar-refractivity contribution in [3.63, 3.8) is 0 Å². The van der Waals surface area contributed by atoms with Crippen LogP contribution in [0.3, 0.4) is 0 Å². The predicted octanol–water partition coefficient (Wildman–Crippen LogP) is 7.94. The highest BCUT2D eigenvalue weighted by atomic mass is 31.2. The van der Waals surface area contributed by atoms with E-state index in [1.165, 1.54) is 19.3 Å². The van der Waals surface area contributed by atoms with Crippen LogP contribution in [0.1, 0.15) is 136 Å². The summed E-state index contributed by atoms with van der Waals surface area (Å²) in [6.45, 7) is 3.71. The van der Waals surface area contributed by atoms with Crippen LogP contribution in [0.5, 0.6) is 0 Å². The number of rotatable bonds is 35. The maximum atomic E-state index is 12.7. The molecule has 14 heteroatoms. The molecule has 0 amide bonds. The number of hydrogen-bond acceptors (Lipinski definition) is 12. The summed E-state index contributed by atoms with van der Waals surface area (Å²) >= 11 is 0. The topological polar surface area (TPSA) is 181 Å². The largest absolute Gasteiger partial charge is 0.756 e. The summed E-state index contributed by atoms with van der Waals surface area (Å²) in [5, 5.41) is 31.0. The summed E-state index contributed by atoms with van der Waals surface area (Å²) in [4.78, 5) is 37.7. The number of aliphatic hydroxyl groups excluding tert-OH is 3. The van der Waals surface area contributed by atoms with Crippen LogP contribution in [-0.4, -0.2) is 110 Å². The Hall–Kier alpha value is -2.45. The van der Waals surface area contributed by atoms with Crippen LogP contribution in [0.2, 0.25) is 0 Å². The lowest BCUT2D eigenvalue weighted by atomic mass is 9.87. The van der Waals surface area contributed by atoms with E-state index in [0.717, 1.165) is 51.4 Å². The van der Waals surface area contributed by atoms with Crippen molar-refractivity contribution in [3.05, 3.63) is 60.8 Å². The molecule has 0 aliphatic carbocycles. The maximum Gasteiger partial charge on any atom is 0.306 e. The second-order valence-electron chi connectivity index (χ2n) is 16.6. The van der Waals surface area contributed by atoms with Crippen molar-refractivity contribution in [2.24, 2.45) is 5.92 Å². The van der Waals surface area contributed by atoms with E-state index in [2.05, 4.69) is 50.3 Å². The van der Waals surface area contributed by atoms with E-state index >= 15 is 0 Å². The Morgan fingerprint density at radius 2 is 1.40 bits per heavy atom. The summed E-state index contributed by atoms with van der Waals surface area (Å²) in [6, 6.07) is 0. The van der Waals surface area contributed by atoms with Gasteiger partial charge >= 0.3 is 11.9 Å². The van der Waals surface area contributed by atoms with E-state index in [4.69, 9.17) is 23.3 Å². The molecular formula is C46H80NO12P. The van der Waals surface area contributed by atoms with Crippen LogP contribution in [0.15, 0.2) is 60.8 Å². The third kappa shape index (κ3) is 31.4. The third-order valence-electron chi connectivity index (χ3n) is 9.81. The molecule has 0 aromatic rings. The number of allylic oxidation sites excluding steroid dienone is 8. The minimum atomic E-state index is -4.71. The molecule has 346 valence electrons. The summed E-state index contributed by atoms with van der Waals surface area (Å²) in [5.41, 5.74) is 0. The van der Waals surface area contributed by atoms with E-state index in [0.29, 0.717) is 43.1 Å². The lowest BCUT2D eigenvalue weighted by Gasteiger charge is -2.36. The summed E-state index contributed by atoms with van der Waals surface area (Å²) in [6.07, 6.45) is 30.2. The molecule has 2 unspecified atom stereocenters. The van der Waals surface area contributed by atoms with Gasteiger partial charge in [-0.05, 0) is 70.6 Å². The van der Waals surface area contributed by atoms with E-state index in [1.54, 1.807) is 12.2 Å². The number of carbonyl (C=O) groups is 2. The monoisotopic (exact) mass is 870 g/mol. The first-order chi connectivity index (χ1) is 28.7. The van der Waals surface area contributed by atoms with E-state index in [9.17, 15) is 34.4 Å². The first-order valence-corrected chi connectivity index (χ1v) is 23.8. The molecule has 13 nitrogen and oxygen atoms in total. The number of phosphoric ester groups is 1. The number of esters is 2. The molecule has 7 atom stereocenters. The van der Waals surface area contributed by atoms with Gasteiger partial charge in [0.25, 0.3) is 7.82 Å². The third-order valence-corrected chi connectivity index (χ3v) is 10.8. The molecule has 0 aromatic heterocycles. The fourth-order valence-corrected chi connectivity index (χ4v) is 6.90. The number of unbranched alkanes of at least 4 members (excludes halogenated alkanes) is 8. The zero-order chi connectivity index (χ0) is 44.5. The standard InChI is InChI=1S/C46H80NO12P/c1-6-8-10-11-12-13-14-15-16-17-18-19-20-21-27-31-45(51)58-40(38-57-60(53,54)56-35-34-47(3,4)5)37-55-44(50)30-26-23-22-25-29-41-42(49)36-46(52)59-43(41)33-32-39(48)28-24-9-7-2/h12-13,15-16,18-19,22,25,32-33,39-43,46,48-49,52H,6-11,14,17,20-21,23-24,26-31,34-38H2,1-5H3/b13-12-,16-15-,19-18-,25-22-,33-32+/t39-,40+,41-,42-,43+,46?/m0/s1. The van der Waals surface area contributed by atoms with Gasteiger partial charge in [-0.3, -0.25) is 14.2 Å². The number of quaternary nitrogens is 1. The minimum absolute atomic E-state index is 0.0716. The summed E-state index contributed by atoms with van der Waals surface area (Å²) < 4.78 is 39.4. The molecule has 0 aromatic carbocycles. The molecule has 1 aliphatic rings. The molecule has 1 saturated heterocycles. The first kappa shape index (κ1) is 55.6. The molecule has 0 bridgehead atoms. The van der Waals surface area contributed by atoms with E-state index in [-0.39, 0.29) is 38.4 Å². The Kier molecular flexibility index (Phi) is 31.6. The van der Waals surface area contributed by atoms with Crippen LogP contribution >= 0.6 is 7.82 Å². The molecule has 1 heterocycles. The average molecular weight is 870 g/mol. The van der Waals surface area contributed by atoms with E-state index < -0.39 is 57.1 Å². The maximum absolute atomic E-state index is 12.7. The highest BCUT2D eigenvalue weighted by molar-refractivity contribution is 7.45. The number of ether oxygens (including phenoxy) is 3. The van der Waals surface area contributed by atoms with Gasteiger partial charge in [-0.2, -0.15) is 0 Å². The lowest BCUT2D eigenvalue weighted by molar-refractivity contribution is -0.870. The molecule has 0 spiro atoms. The number of phosphoric acid groups is 1. The van der Waals surface area contributed by atoms with E-state index in [1.807, 2.05) is 33.3 Å². The van der Waals surface area contributed by atoms with Gasteiger partial charge in [0.2, 0.25) is 0 Å². The first-order valence-electron chi connectivity index (χ1n) is 22.4. The molecule has 1 fully saturated rings. The van der Waals surface area contributed by atoms with Crippen LogP contribution in [0, 0.1) is 5.92 Å². The van der Waals surface area contributed by atoms with Gasteiger partial charge in [0.15, 0.2) is 12.4 Å². The van der Waals surface area contributed by atoms with Gasteiger partial charge in [-0.1, -0.05) is 107 Å². The predicted molar refractivity (Wildman–Crippen MR) is 234 cm³/mol. The molecular weight excluding hydrogens is 789 g/mol. The molecule has 3 N–H and O–H groups in total. The quantitative estimate of drug-likeness (QED) is 0.0184. The second kappa shape index (κ2) is 34.1. The number of nitrogens with zero attached hydrogens (tertiary/aromatic N) is 1. The minimum Gasteiger partial charge on any atom is -0.756 e. The number of hydrogen-bond donors (Lipinski definition) is 3. The van der Waals surface area contributed by atoms with Gasteiger partial charge in [-0.15, -0.1) is 0 Å². The van der Waals surface area contributed by atoms with Crippen LogP contribution in [-0.2, 0) is 37.4 Å². The van der Waals surface area contributed by atoms with Gasteiger partial charge in [0.1, 0.15) is 19.8 Å². The Balaban J connectivity index is 2.57. The average Bonchev–Trinajstić information content (AvgIpc) is 3.18. The second-order valence-corrected chi connectivity index (χ2v) is 18.0. The van der Waals surface area contributed by atoms with Crippen molar-refractivity contribution in [1.29, 1.82) is 0 Å². The summed E-state index contributed by atoms with van der Waals surface area (Å²) in [7, 11) is 0.981. The zero-order valence-electron chi connectivity index (χ0n) is 37.4. The van der Waals surface area contributed by atoms with Crippen LogP contribution < -0.4 is 4.89 Å². The SMILES string of the molecule is CCCCC/C=C\C/C=C\C/C=C\CCCCC(=O)O[C@H](COC(=O)CCC/C=C\C[C@H]1[C@@H](O)CC(O)O[C@@H]1/C=C/[C@@H](O)CCCCC)COP(=O)([O-])OCC[N+](C)(C)C. The number of aliphatic hydroxyl groups is 3. The normalized spacial score (nSPS) is 21.1. The lowest BCUT2D eigenvalue weighted by Crippen LogP contribution is -2.43. The highest BCUT2D eigenvalue weighted by Gasteiger charge is 2.35. The smallest absolute Gasteiger partial charge is 0.306 e. The molecule has 1 aliphatic heterocycles. The Labute approximate surface area is 361 Å². The zero-order valence-corrected chi connectivity index (χ0v) is 38.3. The summed E-state index contributed by atoms with van der Waals surface area (Å²) in [5.74, 6) is -1.40. The molecule has 0 radical (unpaired) electrons. The van der Waals surface area contributed by atoms with Crippen molar-refractivity contribution in [2.45, 2.75) is 167 Å². The Morgan fingerprint density at radius 1 is 0.800 bits per heavy atom. The van der Waals surface area contributed by atoms with Gasteiger partial charge < -0.3 is 48.0 Å². The Bertz CT molecular complexity index is 1330. The molecule has 1 rings (SSSR count). The van der Waals surface area contributed by atoms with Crippen LogP contribution in [0.4, 0.5) is 0 Å². The molecule has 0 saturated carbocycles.